The number of hydrogen-bond donors (Lipinski definition) is 2. The molecule has 138 valence electrons. The number of nitrogens with zero attached hydrogens (tertiary/aromatic N) is 2. The summed E-state index contributed by atoms with van der Waals surface area (Å²) in [6.45, 7) is 0.626. The van der Waals surface area contributed by atoms with Crippen molar-refractivity contribution in [1.82, 2.24) is 15.3 Å². The smallest absolute Gasteiger partial charge is 0.270 e. The molecule has 2 N–H and O–H groups in total. The molecule has 0 aliphatic rings. The van der Waals surface area contributed by atoms with Gasteiger partial charge in [-0.15, -0.1) is 0 Å². The van der Waals surface area contributed by atoms with Crippen LogP contribution in [-0.2, 0) is 13.1 Å². The number of amides is 1. The van der Waals surface area contributed by atoms with Crippen molar-refractivity contribution < 1.29 is 13.9 Å². The van der Waals surface area contributed by atoms with Gasteiger partial charge in [-0.3, -0.25) is 4.79 Å². The summed E-state index contributed by atoms with van der Waals surface area (Å²) in [7, 11) is 1.60. The van der Waals surface area contributed by atoms with Crippen LogP contribution in [0.2, 0.25) is 0 Å². The van der Waals surface area contributed by atoms with Crippen molar-refractivity contribution in [3.63, 3.8) is 0 Å². The number of halogens is 1. The third-order valence-electron chi connectivity index (χ3n) is 3.93. The predicted molar refractivity (Wildman–Crippen MR) is 99.9 cm³/mol. The van der Waals surface area contributed by atoms with Crippen LogP contribution in [0.3, 0.4) is 0 Å². The Morgan fingerprint density at radius 1 is 1.07 bits per heavy atom. The Hall–Kier alpha value is -3.48. The van der Waals surface area contributed by atoms with Crippen molar-refractivity contribution in [1.29, 1.82) is 0 Å². The molecular formula is C20H19FN4O2. The highest BCUT2D eigenvalue weighted by atomic mass is 19.1. The van der Waals surface area contributed by atoms with Crippen LogP contribution < -0.4 is 15.4 Å². The average Bonchev–Trinajstić information content (AvgIpc) is 2.72. The van der Waals surface area contributed by atoms with E-state index in [9.17, 15) is 9.18 Å². The zero-order valence-electron chi connectivity index (χ0n) is 14.8. The Balaban J connectivity index is 1.58. The van der Waals surface area contributed by atoms with E-state index in [0.717, 1.165) is 11.3 Å². The molecule has 0 saturated carbocycles. The Kier molecular flexibility index (Phi) is 5.94. The summed E-state index contributed by atoms with van der Waals surface area (Å²) in [5, 5.41) is 5.80. The summed E-state index contributed by atoms with van der Waals surface area (Å²) in [5.41, 5.74) is 1.69. The van der Waals surface area contributed by atoms with Crippen LogP contribution in [0.4, 0.5) is 10.2 Å². The van der Waals surface area contributed by atoms with E-state index in [2.05, 4.69) is 20.6 Å². The van der Waals surface area contributed by atoms with Crippen LogP contribution in [0.25, 0.3) is 0 Å². The minimum atomic E-state index is -0.317. The molecule has 0 aliphatic heterocycles. The van der Waals surface area contributed by atoms with Gasteiger partial charge >= 0.3 is 0 Å². The molecule has 1 aromatic heterocycles. The summed E-state index contributed by atoms with van der Waals surface area (Å²) < 4.78 is 18.8. The number of benzene rings is 2. The molecule has 0 radical (unpaired) electrons. The first-order valence-corrected chi connectivity index (χ1v) is 8.36. The van der Waals surface area contributed by atoms with Crippen LogP contribution in [0.1, 0.15) is 21.6 Å². The van der Waals surface area contributed by atoms with Gasteiger partial charge < -0.3 is 15.4 Å². The lowest BCUT2D eigenvalue weighted by atomic mass is 10.2. The zero-order chi connectivity index (χ0) is 19.1. The van der Waals surface area contributed by atoms with Gasteiger partial charge in [-0.25, -0.2) is 14.4 Å². The van der Waals surface area contributed by atoms with Gasteiger partial charge in [0.2, 0.25) is 0 Å². The van der Waals surface area contributed by atoms with E-state index in [1.165, 1.54) is 18.5 Å². The maximum Gasteiger partial charge on any atom is 0.270 e. The standard InChI is InChI=1S/C20H19FN4O2/c1-27-16-8-6-14(7-9-16)11-23-20(26)18-10-19(25-13-24-18)22-12-15-4-2-3-5-17(15)21/h2-10,13H,11-12H2,1H3,(H,23,26)(H,22,24,25). The monoisotopic (exact) mass is 366 g/mol. The maximum absolute atomic E-state index is 13.7. The van der Waals surface area contributed by atoms with Crippen LogP contribution >= 0.6 is 0 Å². The number of carbonyl (C=O) groups is 1. The Morgan fingerprint density at radius 2 is 1.85 bits per heavy atom. The van der Waals surface area contributed by atoms with Crippen molar-refractivity contribution in [3.05, 3.63) is 83.6 Å². The molecule has 27 heavy (non-hydrogen) atoms. The molecule has 6 nitrogen and oxygen atoms in total. The van der Waals surface area contributed by atoms with Gasteiger partial charge in [-0.1, -0.05) is 30.3 Å². The van der Waals surface area contributed by atoms with Crippen LogP contribution in [0.5, 0.6) is 5.75 Å². The summed E-state index contributed by atoms with van der Waals surface area (Å²) >= 11 is 0. The van der Waals surface area contributed by atoms with E-state index in [1.807, 2.05) is 24.3 Å². The summed E-state index contributed by atoms with van der Waals surface area (Å²) in [6.07, 6.45) is 1.30. The number of aromatic nitrogens is 2. The lowest BCUT2D eigenvalue weighted by Gasteiger charge is -2.09. The Morgan fingerprint density at radius 3 is 2.59 bits per heavy atom. The molecule has 0 aliphatic carbocycles. The van der Waals surface area contributed by atoms with Crippen molar-refractivity contribution in [2.24, 2.45) is 0 Å². The van der Waals surface area contributed by atoms with E-state index in [0.29, 0.717) is 17.9 Å². The Labute approximate surface area is 156 Å². The fraction of sp³-hybridized carbons (Fsp3) is 0.150. The summed E-state index contributed by atoms with van der Waals surface area (Å²) in [4.78, 5) is 20.4. The van der Waals surface area contributed by atoms with E-state index >= 15 is 0 Å². The third-order valence-corrected chi connectivity index (χ3v) is 3.93. The first-order chi connectivity index (χ1) is 13.2. The highest BCUT2D eigenvalue weighted by Gasteiger charge is 2.09. The van der Waals surface area contributed by atoms with Crippen molar-refractivity contribution >= 4 is 11.7 Å². The fourth-order valence-corrected chi connectivity index (χ4v) is 2.42. The van der Waals surface area contributed by atoms with Gasteiger partial charge in [0.05, 0.1) is 7.11 Å². The normalized spacial score (nSPS) is 10.3. The molecule has 0 saturated heterocycles. The highest BCUT2D eigenvalue weighted by molar-refractivity contribution is 5.92. The molecule has 1 amide bonds. The molecular weight excluding hydrogens is 347 g/mol. The van der Waals surface area contributed by atoms with Gasteiger partial charge in [0, 0.05) is 24.7 Å². The molecule has 0 spiro atoms. The molecule has 3 rings (SSSR count). The summed E-state index contributed by atoms with van der Waals surface area (Å²) in [6, 6.07) is 15.4. The lowest BCUT2D eigenvalue weighted by molar-refractivity contribution is 0.0946. The number of hydrogen-bond acceptors (Lipinski definition) is 5. The van der Waals surface area contributed by atoms with E-state index in [-0.39, 0.29) is 24.0 Å². The molecule has 0 fully saturated rings. The number of methoxy groups -OCH3 is 1. The quantitative estimate of drug-likeness (QED) is 0.672. The number of anilines is 1. The SMILES string of the molecule is COc1ccc(CNC(=O)c2cc(NCc3ccccc3F)ncn2)cc1. The minimum absolute atomic E-state index is 0.231. The average molecular weight is 366 g/mol. The van der Waals surface area contributed by atoms with E-state index in [1.54, 1.807) is 25.3 Å². The minimum Gasteiger partial charge on any atom is -0.497 e. The lowest BCUT2D eigenvalue weighted by Crippen LogP contribution is -2.24. The van der Waals surface area contributed by atoms with Gasteiger partial charge in [0.25, 0.3) is 5.91 Å². The van der Waals surface area contributed by atoms with E-state index < -0.39 is 0 Å². The zero-order valence-corrected chi connectivity index (χ0v) is 14.8. The second-order valence-corrected chi connectivity index (χ2v) is 5.76. The molecule has 2 aromatic carbocycles. The van der Waals surface area contributed by atoms with Crippen molar-refractivity contribution in [3.8, 4) is 5.75 Å². The molecule has 7 heteroatoms. The molecule has 1 heterocycles. The number of carbonyl (C=O) groups excluding carboxylic acids is 1. The Bertz CT molecular complexity index is 916. The molecule has 0 bridgehead atoms. The topological polar surface area (TPSA) is 76.1 Å². The molecule has 0 atom stereocenters. The third kappa shape index (κ3) is 5.01. The largest absolute Gasteiger partial charge is 0.497 e. The number of rotatable bonds is 7. The molecule has 0 unspecified atom stereocenters. The first kappa shape index (κ1) is 18.3. The van der Waals surface area contributed by atoms with E-state index in [4.69, 9.17) is 4.74 Å². The van der Waals surface area contributed by atoms with Gasteiger partial charge in [-0.05, 0) is 23.8 Å². The van der Waals surface area contributed by atoms with Crippen molar-refractivity contribution in [2.75, 3.05) is 12.4 Å². The predicted octanol–water partition coefficient (Wildman–Crippen LogP) is 3.17. The van der Waals surface area contributed by atoms with Gasteiger partial charge in [0.15, 0.2) is 0 Å². The fourth-order valence-electron chi connectivity index (χ4n) is 2.42. The first-order valence-electron chi connectivity index (χ1n) is 8.36. The van der Waals surface area contributed by atoms with Crippen LogP contribution in [-0.4, -0.2) is 23.0 Å². The number of nitrogens with one attached hydrogen (secondary N) is 2. The maximum atomic E-state index is 13.7. The van der Waals surface area contributed by atoms with Crippen LogP contribution in [0, 0.1) is 5.82 Å². The summed E-state index contributed by atoms with van der Waals surface area (Å²) in [5.74, 6) is 0.591. The second kappa shape index (κ2) is 8.75. The van der Waals surface area contributed by atoms with Gasteiger partial charge in [-0.2, -0.15) is 0 Å². The van der Waals surface area contributed by atoms with Crippen molar-refractivity contribution in [2.45, 2.75) is 13.1 Å². The molecule has 3 aromatic rings. The second-order valence-electron chi connectivity index (χ2n) is 5.76. The van der Waals surface area contributed by atoms with Crippen LogP contribution in [0.15, 0.2) is 60.9 Å². The number of ether oxygens (including phenoxy) is 1. The van der Waals surface area contributed by atoms with Gasteiger partial charge in [0.1, 0.15) is 29.4 Å². The highest BCUT2D eigenvalue weighted by Crippen LogP contribution is 2.12.